The van der Waals surface area contributed by atoms with E-state index in [-0.39, 0.29) is 11.8 Å². The van der Waals surface area contributed by atoms with Crippen LogP contribution >= 0.6 is 0 Å². The van der Waals surface area contributed by atoms with Crippen LogP contribution in [0, 0.1) is 5.92 Å². The number of ether oxygens (including phenoxy) is 1. The molecule has 17 heavy (non-hydrogen) atoms. The van der Waals surface area contributed by atoms with Gasteiger partial charge in [-0.25, -0.2) is 0 Å². The third-order valence-electron chi connectivity index (χ3n) is 2.95. The van der Waals surface area contributed by atoms with E-state index in [1.54, 1.807) is 0 Å². The van der Waals surface area contributed by atoms with Crippen LogP contribution in [0.5, 0.6) is 0 Å². The molecule has 1 amide bonds. The number of carbonyl (C=O) groups is 1. The van der Waals surface area contributed by atoms with Gasteiger partial charge in [0.05, 0.1) is 13.2 Å². The Morgan fingerprint density at radius 1 is 1.41 bits per heavy atom. The van der Waals surface area contributed by atoms with Crippen molar-refractivity contribution in [3.8, 4) is 0 Å². The van der Waals surface area contributed by atoms with Gasteiger partial charge in [0.2, 0.25) is 5.91 Å². The first kappa shape index (κ1) is 12.1. The molecule has 0 bridgehead atoms. The van der Waals surface area contributed by atoms with E-state index in [2.05, 4.69) is 10.6 Å². The van der Waals surface area contributed by atoms with E-state index in [1.807, 2.05) is 32.2 Å². The van der Waals surface area contributed by atoms with E-state index >= 15 is 0 Å². The van der Waals surface area contributed by atoms with Crippen LogP contribution in [0.25, 0.3) is 0 Å². The number of anilines is 1. The average Bonchev–Trinajstić information content (AvgIpc) is 2.76. The Morgan fingerprint density at radius 2 is 2.18 bits per heavy atom. The normalized spacial score (nSPS) is 15.4. The van der Waals surface area contributed by atoms with Crippen LogP contribution < -0.4 is 10.6 Å². The molecule has 1 atom stereocenters. The lowest BCUT2D eigenvalue weighted by Gasteiger charge is -2.12. The molecule has 2 N–H and O–H groups in total. The maximum Gasteiger partial charge on any atom is 0.228 e. The third-order valence-corrected chi connectivity index (χ3v) is 2.95. The van der Waals surface area contributed by atoms with Crippen molar-refractivity contribution in [3.63, 3.8) is 0 Å². The van der Waals surface area contributed by atoms with Gasteiger partial charge < -0.3 is 15.4 Å². The molecule has 0 fully saturated rings. The van der Waals surface area contributed by atoms with Crippen molar-refractivity contribution in [1.82, 2.24) is 5.32 Å². The second-order valence-electron chi connectivity index (χ2n) is 4.42. The maximum absolute atomic E-state index is 11.8. The molecule has 1 aliphatic heterocycles. The summed E-state index contributed by atoms with van der Waals surface area (Å²) in [5.74, 6) is 0.00252. The van der Waals surface area contributed by atoms with E-state index in [1.165, 1.54) is 11.1 Å². The quantitative estimate of drug-likeness (QED) is 0.830. The van der Waals surface area contributed by atoms with Crippen LogP contribution in [0.15, 0.2) is 18.2 Å². The first-order chi connectivity index (χ1) is 8.20. The Kier molecular flexibility index (Phi) is 3.76. The van der Waals surface area contributed by atoms with Crippen LogP contribution in [0.3, 0.4) is 0 Å². The molecule has 4 heteroatoms. The van der Waals surface area contributed by atoms with E-state index in [9.17, 15) is 4.79 Å². The maximum atomic E-state index is 11.8. The minimum atomic E-state index is -0.0375. The summed E-state index contributed by atoms with van der Waals surface area (Å²) in [6.45, 7) is 3.91. The number of nitrogens with one attached hydrogen (secondary N) is 2. The summed E-state index contributed by atoms with van der Waals surface area (Å²) in [6.07, 6.45) is 0. The Morgan fingerprint density at radius 3 is 2.94 bits per heavy atom. The van der Waals surface area contributed by atoms with Crippen molar-refractivity contribution in [1.29, 1.82) is 0 Å². The summed E-state index contributed by atoms with van der Waals surface area (Å²) in [6, 6.07) is 5.94. The van der Waals surface area contributed by atoms with Gasteiger partial charge in [0.15, 0.2) is 0 Å². The van der Waals surface area contributed by atoms with Gasteiger partial charge in [-0.3, -0.25) is 4.79 Å². The zero-order valence-corrected chi connectivity index (χ0v) is 10.2. The van der Waals surface area contributed by atoms with E-state index in [4.69, 9.17) is 4.74 Å². The fourth-order valence-electron chi connectivity index (χ4n) is 1.91. The zero-order valence-electron chi connectivity index (χ0n) is 10.2. The van der Waals surface area contributed by atoms with Gasteiger partial charge in [-0.1, -0.05) is 13.0 Å². The molecule has 1 heterocycles. The van der Waals surface area contributed by atoms with Gasteiger partial charge in [-0.05, 0) is 30.3 Å². The molecule has 0 spiro atoms. The summed E-state index contributed by atoms with van der Waals surface area (Å²) in [5, 5.41) is 5.92. The molecule has 1 aromatic carbocycles. The molecule has 1 unspecified atom stereocenters. The topological polar surface area (TPSA) is 50.4 Å². The van der Waals surface area contributed by atoms with Gasteiger partial charge in [-0.2, -0.15) is 0 Å². The highest BCUT2D eigenvalue weighted by molar-refractivity contribution is 5.92. The van der Waals surface area contributed by atoms with Gasteiger partial charge in [0, 0.05) is 18.2 Å². The second kappa shape index (κ2) is 5.29. The first-order valence-electron chi connectivity index (χ1n) is 5.85. The van der Waals surface area contributed by atoms with Crippen molar-refractivity contribution < 1.29 is 9.53 Å². The predicted molar refractivity (Wildman–Crippen MR) is 66.7 cm³/mol. The van der Waals surface area contributed by atoms with E-state index in [0.717, 1.165) is 5.69 Å². The van der Waals surface area contributed by atoms with E-state index in [0.29, 0.717) is 19.8 Å². The Labute approximate surface area is 101 Å². The summed E-state index contributed by atoms with van der Waals surface area (Å²) >= 11 is 0. The highest BCUT2D eigenvalue weighted by Gasteiger charge is 2.14. The molecule has 0 radical (unpaired) electrons. The van der Waals surface area contributed by atoms with Gasteiger partial charge in [0.1, 0.15) is 0 Å². The van der Waals surface area contributed by atoms with Crippen molar-refractivity contribution in [2.75, 3.05) is 18.9 Å². The number of amides is 1. The Balaban J connectivity index is 2.01. The number of hydrogen-bond donors (Lipinski definition) is 2. The summed E-state index contributed by atoms with van der Waals surface area (Å²) in [5.41, 5.74) is 3.23. The summed E-state index contributed by atoms with van der Waals surface area (Å²) in [4.78, 5) is 11.8. The Hall–Kier alpha value is -1.39. The highest BCUT2D eigenvalue weighted by atomic mass is 16.5. The minimum absolute atomic E-state index is 0.0375. The van der Waals surface area contributed by atoms with Crippen LogP contribution in [0.1, 0.15) is 18.1 Å². The summed E-state index contributed by atoms with van der Waals surface area (Å²) < 4.78 is 5.34. The number of rotatable bonds is 4. The third kappa shape index (κ3) is 2.84. The zero-order chi connectivity index (χ0) is 12.3. The molecule has 0 saturated heterocycles. The molecule has 0 aliphatic carbocycles. The highest BCUT2D eigenvalue weighted by Crippen LogP contribution is 2.23. The number of hydrogen-bond acceptors (Lipinski definition) is 3. The standard InChI is InChI=1S/C13H18N2O2/c1-9(6-14-2)13(16)15-12-4-3-10-7-17-8-11(10)5-12/h3-5,9,14H,6-8H2,1-2H3,(H,15,16). The second-order valence-corrected chi connectivity index (χ2v) is 4.42. The monoisotopic (exact) mass is 234 g/mol. The van der Waals surface area contributed by atoms with Gasteiger partial charge in [0.25, 0.3) is 0 Å². The molecule has 92 valence electrons. The lowest BCUT2D eigenvalue weighted by molar-refractivity contribution is -0.119. The van der Waals surface area contributed by atoms with Gasteiger partial charge in [-0.15, -0.1) is 0 Å². The molecule has 2 rings (SSSR count). The fraction of sp³-hybridized carbons (Fsp3) is 0.462. The average molecular weight is 234 g/mol. The largest absolute Gasteiger partial charge is 0.372 e. The molecule has 0 aromatic heterocycles. The number of fused-ring (bicyclic) bond motifs is 1. The van der Waals surface area contributed by atoms with Crippen molar-refractivity contribution in [2.24, 2.45) is 5.92 Å². The number of benzene rings is 1. The molecular formula is C13H18N2O2. The fourth-order valence-corrected chi connectivity index (χ4v) is 1.91. The van der Waals surface area contributed by atoms with Crippen molar-refractivity contribution >= 4 is 11.6 Å². The SMILES string of the molecule is CNCC(C)C(=O)Nc1ccc2c(c1)COC2. The lowest BCUT2D eigenvalue weighted by atomic mass is 10.1. The van der Waals surface area contributed by atoms with Crippen LogP contribution in [-0.4, -0.2) is 19.5 Å². The van der Waals surface area contributed by atoms with Crippen LogP contribution in [0.4, 0.5) is 5.69 Å². The van der Waals surface area contributed by atoms with Crippen molar-refractivity contribution in [2.45, 2.75) is 20.1 Å². The molecule has 0 saturated carbocycles. The van der Waals surface area contributed by atoms with Crippen LogP contribution in [0.2, 0.25) is 0 Å². The summed E-state index contributed by atoms with van der Waals surface area (Å²) in [7, 11) is 1.84. The smallest absolute Gasteiger partial charge is 0.228 e. The lowest BCUT2D eigenvalue weighted by Crippen LogP contribution is -2.28. The molecule has 4 nitrogen and oxygen atoms in total. The predicted octanol–water partition coefficient (Wildman–Crippen LogP) is 1.51. The van der Waals surface area contributed by atoms with E-state index < -0.39 is 0 Å². The van der Waals surface area contributed by atoms with Crippen molar-refractivity contribution in [3.05, 3.63) is 29.3 Å². The van der Waals surface area contributed by atoms with Gasteiger partial charge >= 0.3 is 0 Å². The first-order valence-corrected chi connectivity index (χ1v) is 5.85. The molecule has 1 aromatic rings. The molecular weight excluding hydrogens is 216 g/mol. The number of carbonyl (C=O) groups excluding carboxylic acids is 1. The molecule has 1 aliphatic rings. The Bertz CT molecular complexity index is 418. The van der Waals surface area contributed by atoms with Crippen LogP contribution in [-0.2, 0) is 22.7 Å². The minimum Gasteiger partial charge on any atom is -0.372 e.